The van der Waals surface area contributed by atoms with Crippen molar-refractivity contribution in [1.82, 2.24) is 0 Å². The Kier molecular flexibility index (Phi) is 5.68. The smallest absolute Gasteiger partial charge is 0.311 e. The van der Waals surface area contributed by atoms with Crippen molar-refractivity contribution in [3.63, 3.8) is 0 Å². The summed E-state index contributed by atoms with van der Waals surface area (Å²) >= 11 is 0. The van der Waals surface area contributed by atoms with Crippen molar-refractivity contribution in [2.24, 2.45) is 0 Å². The molecule has 1 amide bonds. The van der Waals surface area contributed by atoms with E-state index in [-0.39, 0.29) is 28.6 Å². The Bertz CT molecular complexity index is 867. The molecular formula is C16H15N3O7. The van der Waals surface area contributed by atoms with E-state index in [1.807, 2.05) is 0 Å². The number of carbonyl (C=O) groups is 1. The number of hydrogen-bond acceptors (Lipinski definition) is 7. The molecule has 1 N–H and O–H groups in total. The Hall–Kier alpha value is -3.69. The zero-order chi connectivity index (χ0) is 19.3. The zero-order valence-corrected chi connectivity index (χ0v) is 13.9. The van der Waals surface area contributed by atoms with Crippen LogP contribution < -0.4 is 14.8 Å². The molecular weight excluding hydrogens is 346 g/mol. The van der Waals surface area contributed by atoms with Gasteiger partial charge in [-0.25, -0.2) is 0 Å². The fourth-order valence-electron chi connectivity index (χ4n) is 2.13. The maximum atomic E-state index is 12.1. The van der Waals surface area contributed by atoms with Gasteiger partial charge in [0.05, 0.1) is 22.6 Å². The second-order valence-electron chi connectivity index (χ2n) is 5.21. The number of ether oxygens (including phenoxy) is 2. The highest BCUT2D eigenvalue weighted by Crippen LogP contribution is 2.30. The quantitative estimate of drug-likeness (QED) is 0.592. The van der Waals surface area contributed by atoms with Crippen LogP contribution >= 0.6 is 0 Å². The molecule has 10 nitrogen and oxygen atoms in total. The number of rotatable bonds is 7. The van der Waals surface area contributed by atoms with Crippen LogP contribution in [0.4, 0.5) is 17.1 Å². The van der Waals surface area contributed by atoms with Gasteiger partial charge in [0.2, 0.25) is 0 Å². The Morgan fingerprint density at radius 1 is 1.08 bits per heavy atom. The van der Waals surface area contributed by atoms with Gasteiger partial charge in [-0.15, -0.1) is 0 Å². The highest BCUT2D eigenvalue weighted by Gasteiger charge is 2.18. The SMILES string of the molecule is COc1ccc([N+](=O)[O-])cc1NC(=O)COc1ccc(C)cc1[N+](=O)[O-]. The third kappa shape index (κ3) is 4.44. The number of methoxy groups -OCH3 is 1. The van der Waals surface area contributed by atoms with Gasteiger partial charge >= 0.3 is 5.69 Å². The van der Waals surface area contributed by atoms with E-state index in [0.29, 0.717) is 5.56 Å². The summed E-state index contributed by atoms with van der Waals surface area (Å²) in [4.78, 5) is 32.7. The normalized spacial score (nSPS) is 10.1. The molecule has 2 aromatic carbocycles. The molecule has 0 heterocycles. The van der Waals surface area contributed by atoms with Crippen molar-refractivity contribution in [3.8, 4) is 11.5 Å². The van der Waals surface area contributed by atoms with E-state index in [4.69, 9.17) is 9.47 Å². The largest absolute Gasteiger partial charge is 0.495 e. The van der Waals surface area contributed by atoms with Crippen LogP contribution in [0.25, 0.3) is 0 Å². The fourth-order valence-corrected chi connectivity index (χ4v) is 2.13. The maximum Gasteiger partial charge on any atom is 0.311 e. The number of aryl methyl sites for hydroxylation is 1. The highest BCUT2D eigenvalue weighted by atomic mass is 16.6. The number of hydrogen-bond donors (Lipinski definition) is 1. The van der Waals surface area contributed by atoms with Gasteiger partial charge in [-0.2, -0.15) is 0 Å². The van der Waals surface area contributed by atoms with E-state index >= 15 is 0 Å². The van der Waals surface area contributed by atoms with Crippen LogP contribution in [0.15, 0.2) is 36.4 Å². The van der Waals surface area contributed by atoms with Gasteiger partial charge in [-0.05, 0) is 24.6 Å². The summed E-state index contributed by atoms with van der Waals surface area (Å²) in [6, 6.07) is 8.07. The van der Waals surface area contributed by atoms with E-state index in [9.17, 15) is 25.0 Å². The molecule has 0 aliphatic carbocycles. The molecule has 0 radical (unpaired) electrons. The summed E-state index contributed by atoms with van der Waals surface area (Å²) in [6.45, 7) is 1.17. The Morgan fingerprint density at radius 3 is 2.38 bits per heavy atom. The molecule has 0 atom stereocenters. The minimum Gasteiger partial charge on any atom is -0.495 e. The molecule has 0 spiro atoms. The standard InChI is InChI=1S/C16H15N3O7/c1-10-3-5-15(13(7-10)19(23)24)26-9-16(20)17-12-8-11(18(21)22)4-6-14(12)25-2/h3-8H,9H2,1-2H3,(H,17,20). The molecule has 0 aliphatic rings. The topological polar surface area (TPSA) is 134 Å². The predicted octanol–water partition coefficient (Wildman–Crippen LogP) is 2.84. The van der Waals surface area contributed by atoms with Crippen molar-refractivity contribution < 1.29 is 24.1 Å². The molecule has 0 unspecified atom stereocenters. The Morgan fingerprint density at radius 2 is 1.77 bits per heavy atom. The summed E-state index contributed by atoms with van der Waals surface area (Å²) in [5.74, 6) is -0.481. The molecule has 0 fully saturated rings. The van der Waals surface area contributed by atoms with Crippen LogP contribution in [0.3, 0.4) is 0 Å². The van der Waals surface area contributed by atoms with Crippen LogP contribution in [0.5, 0.6) is 11.5 Å². The summed E-state index contributed by atoms with van der Waals surface area (Å²) in [5.41, 5.74) is 0.283. The number of nitrogens with zero attached hydrogens (tertiary/aromatic N) is 2. The third-order valence-corrected chi connectivity index (χ3v) is 3.34. The molecule has 0 saturated carbocycles. The Labute approximate surface area is 147 Å². The highest BCUT2D eigenvalue weighted by molar-refractivity contribution is 5.93. The minimum absolute atomic E-state index is 0.0539. The van der Waals surface area contributed by atoms with Gasteiger partial charge in [0.25, 0.3) is 11.6 Å². The molecule has 2 aromatic rings. The molecule has 136 valence electrons. The second kappa shape index (κ2) is 7.92. The molecule has 0 bridgehead atoms. The van der Waals surface area contributed by atoms with E-state index in [1.54, 1.807) is 13.0 Å². The predicted molar refractivity (Wildman–Crippen MR) is 91.6 cm³/mol. The summed E-state index contributed by atoms with van der Waals surface area (Å²) in [7, 11) is 1.35. The van der Waals surface area contributed by atoms with Gasteiger partial charge in [0, 0.05) is 18.2 Å². The van der Waals surface area contributed by atoms with Gasteiger partial charge in [0.15, 0.2) is 12.4 Å². The lowest BCUT2D eigenvalue weighted by Gasteiger charge is -2.11. The molecule has 26 heavy (non-hydrogen) atoms. The first-order valence-electron chi connectivity index (χ1n) is 7.32. The molecule has 0 aromatic heterocycles. The minimum atomic E-state index is -0.654. The van der Waals surface area contributed by atoms with Gasteiger partial charge in [0.1, 0.15) is 5.75 Å². The Balaban J connectivity index is 2.12. The fraction of sp³-hybridized carbons (Fsp3) is 0.188. The summed E-state index contributed by atoms with van der Waals surface area (Å²) in [6.07, 6.45) is 0. The first-order chi connectivity index (χ1) is 12.3. The number of anilines is 1. The monoisotopic (exact) mass is 361 g/mol. The average Bonchev–Trinajstić information content (AvgIpc) is 2.60. The molecule has 10 heteroatoms. The van der Waals surface area contributed by atoms with Crippen LogP contribution in [0.2, 0.25) is 0 Å². The lowest BCUT2D eigenvalue weighted by Crippen LogP contribution is -2.21. The number of benzene rings is 2. The van der Waals surface area contributed by atoms with E-state index in [2.05, 4.69) is 5.32 Å². The molecule has 0 aliphatic heterocycles. The van der Waals surface area contributed by atoms with Crippen LogP contribution in [0.1, 0.15) is 5.56 Å². The van der Waals surface area contributed by atoms with Gasteiger partial charge in [-0.3, -0.25) is 25.0 Å². The molecule has 0 saturated heterocycles. The lowest BCUT2D eigenvalue weighted by molar-refractivity contribution is -0.385. The van der Waals surface area contributed by atoms with Crippen LogP contribution in [-0.2, 0) is 4.79 Å². The van der Waals surface area contributed by atoms with Crippen LogP contribution in [-0.4, -0.2) is 29.5 Å². The number of carbonyl (C=O) groups excluding carboxylic acids is 1. The second-order valence-corrected chi connectivity index (χ2v) is 5.21. The third-order valence-electron chi connectivity index (χ3n) is 3.34. The van der Waals surface area contributed by atoms with Gasteiger partial charge in [-0.1, -0.05) is 6.07 Å². The van der Waals surface area contributed by atoms with Gasteiger partial charge < -0.3 is 14.8 Å². The summed E-state index contributed by atoms with van der Waals surface area (Å²) in [5, 5.41) is 24.3. The number of nitro groups is 2. The number of nitrogens with one attached hydrogen (secondary N) is 1. The zero-order valence-electron chi connectivity index (χ0n) is 13.9. The number of non-ortho nitro benzene ring substituents is 1. The van der Waals surface area contributed by atoms with E-state index in [0.717, 1.165) is 6.07 Å². The average molecular weight is 361 g/mol. The van der Waals surface area contributed by atoms with E-state index in [1.165, 1.54) is 31.4 Å². The lowest BCUT2D eigenvalue weighted by atomic mass is 10.2. The number of nitro benzene ring substituents is 2. The molecule has 2 rings (SSSR count). The van der Waals surface area contributed by atoms with Crippen molar-refractivity contribution in [1.29, 1.82) is 0 Å². The first-order valence-corrected chi connectivity index (χ1v) is 7.32. The van der Waals surface area contributed by atoms with E-state index < -0.39 is 22.4 Å². The first kappa shape index (κ1) is 18.6. The van der Waals surface area contributed by atoms with Crippen molar-refractivity contribution in [3.05, 3.63) is 62.2 Å². The van der Waals surface area contributed by atoms with Crippen molar-refractivity contribution in [2.45, 2.75) is 6.92 Å². The maximum absolute atomic E-state index is 12.1. The number of amides is 1. The van der Waals surface area contributed by atoms with Crippen molar-refractivity contribution >= 4 is 23.0 Å². The van der Waals surface area contributed by atoms with Crippen LogP contribution in [0, 0.1) is 27.2 Å². The summed E-state index contributed by atoms with van der Waals surface area (Å²) < 4.78 is 10.3. The van der Waals surface area contributed by atoms with Crippen molar-refractivity contribution in [2.75, 3.05) is 19.0 Å².